The van der Waals surface area contributed by atoms with Crippen LogP contribution in [0, 0.1) is 17.8 Å². The molecule has 9 aromatic rings. The standard InChI is InChI=1S/C24H35N5O2Si.C19H23N5O2.C18H20BrN5O/c1-5-6-11-28-19-14-17(16-31-12-13-32(2,3)4)15-25-20(19)29-21(22(28)30)26-27-23(29)24(9-10-24)18-7-8-18;1-2-3-8-23-14-9-12(11-25)10-20-15(14)24-16(17(23)26)21-22-18(24)19(6-7-19)13-4-5-13;1-2-3-8-23-13-9-12(19)10-20-14(13)24-15(16(23)25)21-22-17(24)18(6-7-18)11-4-5-11/h14-15,18H,5-13,16H2,1-4H3;9-10,13,25H,2-8,11H2,1H3;9-11H,2-8H2,1H3. The van der Waals surface area contributed by atoms with E-state index in [0.717, 1.165) is 151 Å². The summed E-state index contributed by atoms with van der Waals surface area (Å²) in [6, 6.07) is 7.09. The average Bonchev–Trinajstić information content (AvgIpc) is 2.42. The van der Waals surface area contributed by atoms with E-state index in [-0.39, 0.29) is 39.5 Å². The minimum atomic E-state index is -1.12. The Morgan fingerprint density at radius 3 is 1.24 bits per heavy atom. The number of hydrogen-bond donors (Lipinski definition) is 1. The Morgan fingerprint density at radius 2 is 0.892 bits per heavy atom. The van der Waals surface area contributed by atoms with Gasteiger partial charge in [-0.1, -0.05) is 59.7 Å². The molecular weight excluding hydrogens is 1130 g/mol. The molecule has 15 rings (SSSR count). The summed E-state index contributed by atoms with van der Waals surface area (Å²) in [4.78, 5) is 53.8. The normalized spacial score (nSPS) is 18.5. The molecule has 0 bridgehead atoms. The van der Waals surface area contributed by atoms with Gasteiger partial charge in [0.05, 0.1) is 29.8 Å². The first-order valence-corrected chi connectivity index (χ1v) is 35.4. The molecule has 0 amide bonds. The van der Waals surface area contributed by atoms with E-state index in [1.165, 1.54) is 38.5 Å². The molecule has 6 saturated carbocycles. The van der Waals surface area contributed by atoms with Gasteiger partial charge in [0.25, 0.3) is 16.7 Å². The second-order valence-electron chi connectivity index (χ2n) is 26.2. The zero-order chi connectivity index (χ0) is 57.6. The third-order valence-electron chi connectivity index (χ3n) is 18.9. The molecule has 6 fully saturated rings. The van der Waals surface area contributed by atoms with Gasteiger partial charge in [-0.3, -0.25) is 27.6 Å². The summed E-state index contributed by atoms with van der Waals surface area (Å²) in [5.74, 6) is 4.86. The molecule has 83 heavy (non-hydrogen) atoms. The number of aliphatic hydroxyl groups excluding tert-OH is 1. The molecule has 0 radical (unpaired) electrons. The maximum atomic E-state index is 13.5. The van der Waals surface area contributed by atoms with Crippen LogP contribution in [-0.4, -0.2) is 92.2 Å². The summed E-state index contributed by atoms with van der Waals surface area (Å²) in [5, 5.41) is 36.0. The number of aliphatic hydroxyl groups is 1. The summed E-state index contributed by atoms with van der Waals surface area (Å²) >= 11 is 3.50. The van der Waals surface area contributed by atoms with Crippen molar-refractivity contribution in [3.8, 4) is 0 Å². The smallest absolute Gasteiger partial charge is 0.296 e. The first-order valence-electron chi connectivity index (χ1n) is 30.9. The summed E-state index contributed by atoms with van der Waals surface area (Å²) in [7, 11) is -1.12. The fourth-order valence-corrected chi connectivity index (χ4v) is 14.2. The lowest BCUT2D eigenvalue weighted by Crippen LogP contribution is -2.25. The van der Waals surface area contributed by atoms with Crippen molar-refractivity contribution in [3.63, 3.8) is 0 Å². The average molecular weight is 1210 g/mol. The van der Waals surface area contributed by atoms with Crippen LogP contribution in [-0.2, 0) is 53.8 Å². The highest BCUT2D eigenvalue weighted by Crippen LogP contribution is 2.63. The Balaban J connectivity index is 0.000000118. The van der Waals surface area contributed by atoms with Crippen LogP contribution in [0.5, 0.6) is 0 Å². The van der Waals surface area contributed by atoms with E-state index >= 15 is 0 Å². The van der Waals surface area contributed by atoms with Crippen molar-refractivity contribution in [2.75, 3.05) is 6.61 Å². The molecule has 0 spiro atoms. The van der Waals surface area contributed by atoms with Crippen molar-refractivity contribution in [1.29, 1.82) is 0 Å². The Labute approximate surface area is 490 Å². The molecule has 0 atom stereocenters. The van der Waals surface area contributed by atoms with Crippen LogP contribution in [0.15, 0.2) is 55.6 Å². The maximum absolute atomic E-state index is 13.5. The molecule has 0 unspecified atom stereocenters. The van der Waals surface area contributed by atoms with Crippen LogP contribution < -0.4 is 16.7 Å². The minimum absolute atomic E-state index is 0.0603. The number of unbranched alkanes of at least 4 members (excludes halogenated alkanes) is 3. The lowest BCUT2D eigenvalue weighted by atomic mass is 10.00. The minimum Gasteiger partial charge on any atom is -0.392 e. The first-order chi connectivity index (χ1) is 40.2. The molecule has 6 aliphatic carbocycles. The third-order valence-corrected chi connectivity index (χ3v) is 21.0. The second kappa shape index (κ2) is 21.8. The highest BCUT2D eigenvalue weighted by Gasteiger charge is 2.60. The number of aryl methyl sites for hydroxylation is 3. The van der Waals surface area contributed by atoms with Crippen molar-refractivity contribution < 1.29 is 9.84 Å². The van der Waals surface area contributed by atoms with Crippen LogP contribution in [0.3, 0.4) is 0 Å². The summed E-state index contributed by atoms with van der Waals surface area (Å²) < 4.78 is 18.1. The lowest BCUT2D eigenvalue weighted by molar-refractivity contribution is 0.133. The maximum Gasteiger partial charge on any atom is 0.296 e. The Kier molecular flexibility index (Phi) is 14.7. The zero-order valence-corrected chi connectivity index (χ0v) is 51.6. The number of pyridine rings is 3. The van der Waals surface area contributed by atoms with Gasteiger partial charge in [-0.15, -0.1) is 30.6 Å². The second-order valence-corrected chi connectivity index (χ2v) is 32.7. The van der Waals surface area contributed by atoms with E-state index in [4.69, 9.17) is 9.72 Å². The molecule has 20 nitrogen and oxygen atoms in total. The molecular formula is C61H78BrN15O5Si. The Morgan fingerprint density at radius 1 is 0.530 bits per heavy atom. The van der Waals surface area contributed by atoms with E-state index in [2.05, 4.69) is 103 Å². The fourth-order valence-electron chi connectivity index (χ4n) is 13.1. The number of nitrogens with zero attached hydrogens (tertiary/aromatic N) is 15. The van der Waals surface area contributed by atoms with Gasteiger partial charge in [0.15, 0.2) is 16.9 Å². The zero-order valence-electron chi connectivity index (χ0n) is 49.0. The SMILES string of the molecule is CCCCn1c(=O)c2nnc(C3(C4CC4)CC3)n2c2ncc(Br)cc21.CCCCn1c(=O)c2nnc(C3(C4CC4)CC3)n2c2ncc(CO)cc21.CCCCn1c(=O)c2nnc(C3(C4CC4)CC3)n2c2ncc(COCC[Si](C)(C)C)cc21. The van der Waals surface area contributed by atoms with Crippen LogP contribution in [0.25, 0.3) is 50.4 Å². The summed E-state index contributed by atoms with van der Waals surface area (Å²) in [5.41, 5.74) is 7.81. The highest BCUT2D eigenvalue weighted by molar-refractivity contribution is 9.10. The molecule has 9 heterocycles. The van der Waals surface area contributed by atoms with Gasteiger partial charge < -0.3 is 23.5 Å². The van der Waals surface area contributed by atoms with E-state index < -0.39 is 8.07 Å². The monoisotopic (exact) mass is 1210 g/mol. The number of fused-ring (bicyclic) bond motifs is 9. The fraction of sp³-hybridized carbons (Fsp3) is 0.607. The van der Waals surface area contributed by atoms with Gasteiger partial charge in [-0.2, -0.15) is 0 Å². The number of halogens is 1. The van der Waals surface area contributed by atoms with E-state index in [1.54, 1.807) is 21.5 Å². The molecule has 0 aromatic carbocycles. The van der Waals surface area contributed by atoms with Crippen molar-refractivity contribution in [1.82, 2.24) is 72.4 Å². The van der Waals surface area contributed by atoms with Gasteiger partial charge >= 0.3 is 0 Å². The van der Waals surface area contributed by atoms with Crippen LogP contribution in [0.4, 0.5) is 0 Å². The van der Waals surface area contributed by atoms with E-state index in [0.29, 0.717) is 66.5 Å². The van der Waals surface area contributed by atoms with E-state index in [9.17, 15) is 19.5 Å². The largest absolute Gasteiger partial charge is 0.392 e. The number of ether oxygens (including phenoxy) is 1. The molecule has 6 aliphatic rings. The Hall–Kier alpha value is -6.10. The van der Waals surface area contributed by atoms with Crippen molar-refractivity contribution >= 4 is 74.4 Å². The van der Waals surface area contributed by atoms with Gasteiger partial charge in [0.2, 0.25) is 16.9 Å². The van der Waals surface area contributed by atoms with Crippen LogP contribution in [0.1, 0.15) is 165 Å². The first kappa shape index (κ1) is 56.1. The number of aromatic nitrogens is 15. The van der Waals surface area contributed by atoms with E-state index in [1.807, 2.05) is 36.1 Å². The Bertz CT molecular complexity index is 4150. The molecule has 9 aromatic heterocycles. The van der Waals surface area contributed by atoms with Crippen LogP contribution >= 0.6 is 15.9 Å². The van der Waals surface area contributed by atoms with Gasteiger partial charge in [0.1, 0.15) is 17.5 Å². The molecule has 22 heteroatoms. The molecule has 0 aliphatic heterocycles. The van der Waals surface area contributed by atoms with Crippen molar-refractivity contribution in [2.45, 2.75) is 211 Å². The molecule has 1 N–H and O–H groups in total. The van der Waals surface area contributed by atoms with Gasteiger partial charge in [-0.05, 0) is 165 Å². The number of hydrogen-bond acceptors (Lipinski definition) is 14. The number of rotatable bonds is 21. The molecule has 438 valence electrons. The topological polar surface area (TPSA) is 225 Å². The summed E-state index contributed by atoms with van der Waals surface area (Å²) in [6.07, 6.45) is 25.5. The quantitative estimate of drug-likeness (QED) is 0.0522. The highest BCUT2D eigenvalue weighted by atomic mass is 79.9. The predicted octanol–water partition coefficient (Wildman–Crippen LogP) is 10.2. The predicted molar refractivity (Wildman–Crippen MR) is 325 cm³/mol. The van der Waals surface area contributed by atoms with Crippen molar-refractivity contribution in [3.05, 3.63) is 101 Å². The lowest BCUT2D eigenvalue weighted by Gasteiger charge is -2.17. The van der Waals surface area contributed by atoms with Gasteiger partial charge in [0, 0.05) is 73.6 Å². The third kappa shape index (κ3) is 10.2. The van der Waals surface area contributed by atoms with Crippen LogP contribution in [0.2, 0.25) is 25.7 Å². The van der Waals surface area contributed by atoms with Gasteiger partial charge in [-0.25, -0.2) is 15.0 Å². The summed E-state index contributed by atoms with van der Waals surface area (Å²) in [6.45, 7) is 16.6. The molecule has 0 saturated heterocycles. The van der Waals surface area contributed by atoms with Crippen molar-refractivity contribution in [2.24, 2.45) is 17.8 Å².